The van der Waals surface area contributed by atoms with Gasteiger partial charge in [-0.1, -0.05) is 11.6 Å². The van der Waals surface area contributed by atoms with E-state index in [9.17, 15) is 10.1 Å². The zero-order valence-corrected chi connectivity index (χ0v) is 20.1. The zero-order chi connectivity index (χ0) is 25.1. The van der Waals surface area contributed by atoms with Crippen LogP contribution in [0.25, 0.3) is 0 Å². The molecule has 9 nitrogen and oxygen atoms in total. The predicted octanol–water partition coefficient (Wildman–Crippen LogP) is 3.71. The maximum Gasteiger partial charge on any atom is 0.274 e. The highest BCUT2D eigenvalue weighted by Gasteiger charge is 2.20. The van der Waals surface area contributed by atoms with Gasteiger partial charge in [-0.2, -0.15) is 5.26 Å². The third kappa shape index (κ3) is 4.94. The summed E-state index contributed by atoms with van der Waals surface area (Å²) in [4.78, 5) is 23.6. The summed E-state index contributed by atoms with van der Waals surface area (Å²) in [6.07, 6.45) is 1.67. The summed E-state index contributed by atoms with van der Waals surface area (Å²) in [6, 6.07) is 10.6. The van der Waals surface area contributed by atoms with Crippen molar-refractivity contribution in [1.82, 2.24) is 9.97 Å². The number of pyridine rings is 2. The fourth-order valence-corrected chi connectivity index (χ4v) is 4.11. The lowest BCUT2D eigenvalue weighted by atomic mass is 10.0. The third-order valence-corrected chi connectivity index (χ3v) is 6.26. The van der Waals surface area contributed by atoms with Crippen LogP contribution < -0.4 is 16.0 Å². The van der Waals surface area contributed by atoms with Gasteiger partial charge in [-0.25, -0.2) is 9.97 Å². The van der Waals surface area contributed by atoms with Crippen LogP contribution in [0, 0.1) is 30.6 Å². The highest BCUT2D eigenvalue weighted by molar-refractivity contribution is 6.31. The van der Waals surface area contributed by atoms with Gasteiger partial charge in [-0.15, -0.1) is 0 Å². The van der Waals surface area contributed by atoms with Gasteiger partial charge >= 0.3 is 0 Å². The molecule has 0 atom stereocenters. The standard InChI is InChI=1S/C25H24ClN7O2/c1-14-15(2)23(32-24(26)19(14)13-27)25(34)31-17-3-4-20(28)18(12-17)22(29)16-5-6-30-21(11-16)33-7-9-35-10-8-33/h3-6,11-12,29H,7-10,28H2,1-2H3,(H,31,34). The SMILES string of the molecule is Cc1c(C(=O)Nc2ccc(N)c(C(=N)c3ccnc(N4CCOCC4)c3)c2)nc(Cl)c(C#N)c1C. The maximum absolute atomic E-state index is 13.0. The summed E-state index contributed by atoms with van der Waals surface area (Å²) >= 11 is 6.10. The Bertz CT molecular complexity index is 1360. The van der Waals surface area contributed by atoms with Gasteiger partial charge in [0, 0.05) is 41.8 Å². The molecule has 3 heterocycles. The number of nitrogens with zero attached hydrogens (tertiary/aromatic N) is 4. The number of halogens is 1. The minimum atomic E-state index is -0.474. The second-order valence-electron chi connectivity index (χ2n) is 8.12. The summed E-state index contributed by atoms with van der Waals surface area (Å²) in [7, 11) is 0. The van der Waals surface area contributed by atoms with E-state index in [1.165, 1.54) is 0 Å². The van der Waals surface area contributed by atoms with Crippen molar-refractivity contribution in [2.24, 2.45) is 0 Å². The number of hydrogen-bond donors (Lipinski definition) is 3. The second-order valence-corrected chi connectivity index (χ2v) is 8.48. The van der Waals surface area contributed by atoms with E-state index in [1.54, 1.807) is 44.3 Å². The average molecular weight is 490 g/mol. The number of anilines is 3. The number of amides is 1. The van der Waals surface area contributed by atoms with Gasteiger partial charge in [0.05, 0.1) is 24.5 Å². The molecule has 1 aliphatic heterocycles. The van der Waals surface area contributed by atoms with Crippen molar-refractivity contribution < 1.29 is 9.53 Å². The van der Waals surface area contributed by atoms with E-state index in [0.717, 1.165) is 18.9 Å². The molecule has 0 aliphatic carbocycles. The number of nitriles is 1. The number of benzene rings is 1. The minimum Gasteiger partial charge on any atom is -0.398 e. The Balaban J connectivity index is 1.60. The fraction of sp³-hybridized carbons (Fsp3) is 0.240. The molecule has 0 unspecified atom stereocenters. The number of morpholine rings is 1. The van der Waals surface area contributed by atoms with Crippen LogP contribution in [0.15, 0.2) is 36.5 Å². The lowest BCUT2D eigenvalue weighted by Crippen LogP contribution is -2.36. The van der Waals surface area contributed by atoms with Gasteiger partial charge in [0.25, 0.3) is 5.91 Å². The molecule has 4 rings (SSSR count). The second kappa shape index (κ2) is 10.1. The van der Waals surface area contributed by atoms with Crippen LogP contribution >= 0.6 is 11.6 Å². The summed E-state index contributed by atoms with van der Waals surface area (Å²) < 4.78 is 5.40. The lowest BCUT2D eigenvalue weighted by Gasteiger charge is -2.28. The highest BCUT2D eigenvalue weighted by Crippen LogP contribution is 2.26. The Morgan fingerprint density at radius 2 is 1.97 bits per heavy atom. The van der Waals surface area contributed by atoms with E-state index < -0.39 is 5.91 Å². The van der Waals surface area contributed by atoms with Crippen LogP contribution in [-0.2, 0) is 4.74 Å². The van der Waals surface area contributed by atoms with E-state index in [-0.39, 0.29) is 22.1 Å². The predicted molar refractivity (Wildman–Crippen MR) is 135 cm³/mol. The van der Waals surface area contributed by atoms with Gasteiger partial charge in [-0.3, -0.25) is 10.2 Å². The number of ether oxygens (including phenoxy) is 1. The summed E-state index contributed by atoms with van der Waals surface area (Å²) in [5.41, 5.74) is 9.93. The number of rotatable bonds is 5. The van der Waals surface area contributed by atoms with Crippen LogP contribution in [0.5, 0.6) is 0 Å². The third-order valence-electron chi connectivity index (χ3n) is 5.99. The van der Waals surface area contributed by atoms with Crippen molar-refractivity contribution in [3.63, 3.8) is 0 Å². The molecule has 2 aromatic heterocycles. The molecule has 1 aromatic carbocycles. The highest BCUT2D eigenvalue weighted by atomic mass is 35.5. The Hall–Kier alpha value is -4.00. The molecule has 1 amide bonds. The maximum atomic E-state index is 13.0. The molecule has 0 spiro atoms. The first kappa shape index (κ1) is 24.1. The average Bonchev–Trinajstić information content (AvgIpc) is 2.87. The van der Waals surface area contributed by atoms with Crippen LogP contribution in [0.2, 0.25) is 5.15 Å². The van der Waals surface area contributed by atoms with Gasteiger partial charge < -0.3 is 20.7 Å². The van der Waals surface area contributed by atoms with Gasteiger partial charge in [0.15, 0.2) is 0 Å². The molecule has 10 heteroatoms. The number of nitrogens with one attached hydrogen (secondary N) is 2. The largest absolute Gasteiger partial charge is 0.398 e. The number of carbonyl (C=O) groups excluding carboxylic acids is 1. The van der Waals surface area contributed by atoms with Crippen molar-refractivity contribution >= 4 is 40.4 Å². The van der Waals surface area contributed by atoms with Gasteiger partial charge in [0.2, 0.25) is 0 Å². The molecule has 1 aliphatic rings. The molecular weight excluding hydrogens is 466 g/mol. The monoisotopic (exact) mass is 489 g/mol. The van der Waals surface area contributed by atoms with Crippen LogP contribution in [-0.4, -0.2) is 47.9 Å². The molecule has 4 N–H and O–H groups in total. The van der Waals surface area contributed by atoms with Crippen LogP contribution in [0.1, 0.15) is 38.3 Å². The number of nitrogens with two attached hydrogens (primary N) is 1. The normalized spacial score (nSPS) is 13.3. The number of carbonyl (C=O) groups is 1. The van der Waals surface area contributed by atoms with Crippen molar-refractivity contribution in [2.75, 3.05) is 42.3 Å². The Labute approximate surface area is 208 Å². The van der Waals surface area contributed by atoms with Crippen molar-refractivity contribution in [1.29, 1.82) is 10.7 Å². The van der Waals surface area contributed by atoms with Gasteiger partial charge in [-0.05, 0) is 55.3 Å². The summed E-state index contributed by atoms with van der Waals surface area (Å²) in [6.45, 7) is 6.18. The van der Waals surface area contributed by atoms with E-state index in [1.807, 2.05) is 12.1 Å². The minimum absolute atomic E-state index is 0.0192. The smallest absolute Gasteiger partial charge is 0.274 e. The first-order valence-corrected chi connectivity index (χ1v) is 11.3. The van der Waals surface area contributed by atoms with Gasteiger partial charge in [0.1, 0.15) is 22.7 Å². The zero-order valence-electron chi connectivity index (χ0n) is 19.4. The molecule has 3 aromatic rings. The lowest BCUT2D eigenvalue weighted by molar-refractivity contribution is 0.102. The summed E-state index contributed by atoms with van der Waals surface area (Å²) in [5, 5.41) is 20.8. The first-order valence-electron chi connectivity index (χ1n) is 11.0. The Morgan fingerprint density at radius 1 is 1.23 bits per heavy atom. The van der Waals surface area contributed by atoms with Crippen molar-refractivity contribution in [2.45, 2.75) is 13.8 Å². The molecule has 178 valence electrons. The first-order chi connectivity index (χ1) is 16.8. The number of nitrogen functional groups attached to an aromatic ring is 1. The molecule has 0 saturated carbocycles. The Kier molecular flexibility index (Phi) is 6.96. The molecule has 0 radical (unpaired) electrons. The fourth-order valence-electron chi connectivity index (χ4n) is 3.84. The number of aromatic nitrogens is 2. The Morgan fingerprint density at radius 3 is 2.69 bits per heavy atom. The summed E-state index contributed by atoms with van der Waals surface area (Å²) in [5.74, 6) is 0.297. The molecule has 1 saturated heterocycles. The topological polar surface area (TPSA) is 141 Å². The van der Waals surface area contributed by atoms with Crippen LogP contribution in [0.3, 0.4) is 0 Å². The molecular formula is C25H24ClN7O2. The van der Waals surface area contributed by atoms with E-state index in [0.29, 0.717) is 46.8 Å². The van der Waals surface area contributed by atoms with Crippen molar-refractivity contribution in [3.05, 3.63) is 75.2 Å². The van der Waals surface area contributed by atoms with E-state index in [4.69, 9.17) is 27.5 Å². The molecule has 0 bridgehead atoms. The number of hydrogen-bond acceptors (Lipinski definition) is 8. The van der Waals surface area contributed by atoms with E-state index in [2.05, 4.69) is 20.2 Å². The van der Waals surface area contributed by atoms with E-state index >= 15 is 0 Å². The molecule has 1 fully saturated rings. The quantitative estimate of drug-likeness (QED) is 0.282. The van der Waals surface area contributed by atoms with Crippen LogP contribution in [0.4, 0.5) is 17.2 Å². The van der Waals surface area contributed by atoms with Crippen molar-refractivity contribution in [3.8, 4) is 6.07 Å². The molecule has 35 heavy (non-hydrogen) atoms.